The minimum absolute atomic E-state index is 0.0795. The number of nitro groups is 1. The van der Waals surface area contributed by atoms with Gasteiger partial charge in [-0.15, -0.1) is 0 Å². The molecule has 0 aromatic heterocycles. The Hall–Kier alpha value is -4.13. The first-order valence-corrected chi connectivity index (χ1v) is 13.7. The van der Waals surface area contributed by atoms with Gasteiger partial charge in [0.15, 0.2) is 0 Å². The Morgan fingerprint density at radius 1 is 0.846 bits per heavy atom. The zero-order valence-electron chi connectivity index (χ0n) is 22.7. The summed E-state index contributed by atoms with van der Waals surface area (Å²) in [6.07, 6.45) is 5.87. The van der Waals surface area contributed by atoms with Crippen LogP contribution in [-0.4, -0.2) is 22.4 Å². The maximum Gasteiger partial charge on any atom is 0.365 e. The van der Waals surface area contributed by atoms with Crippen LogP contribution < -0.4 is 0 Å². The number of ketones is 1. The molecule has 1 aliphatic carbocycles. The number of benzene rings is 3. The van der Waals surface area contributed by atoms with Crippen LogP contribution in [0.1, 0.15) is 97.6 Å². The number of carbonyl (C=O) groups excluding carboxylic acids is 2. The van der Waals surface area contributed by atoms with Crippen molar-refractivity contribution >= 4 is 23.2 Å². The van der Waals surface area contributed by atoms with Gasteiger partial charge >= 0.3 is 5.97 Å². The predicted molar refractivity (Wildman–Crippen MR) is 152 cm³/mol. The fourth-order valence-electron chi connectivity index (χ4n) is 5.52. The molecular weight excluding hydrogens is 492 g/mol. The third-order valence-electron chi connectivity index (χ3n) is 7.58. The van der Waals surface area contributed by atoms with Crippen LogP contribution in [-0.2, 0) is 10.3 Å². The first-order chi connectivity index (χ1) is 18.9. The lowest BCUT2D eigenvalue weighted by Gasteiger charge is -2.32. The van der Waals surface area contributed by atoms with Gasteiger partial charge in [0.1, 0.15) is 5.71 Å². The second kappa shape index (κ2) is 12.2. The molecule has 0 atom stereocenters. The monoisotopic (exact) mass is 526 g/mol. The van der Waals surface area contributed by atoms with Crippen molar-refractivity contribution in [3.63, 3.8) is 0 Å². The molecule has 0 fully saturated rings. The Kier molecular flexibility index (Phi) is 8.69. The van der Waals surface area contributed by atoms with E-state index in [9.17, 15) is 19.7 Å². The number of unbranched alkanes of at least 4 members (excludes halogenated alkanes) is 2. The molecule has 1 aliphatic rings. The zero-order chi connectivity index (χ0) is 28.0. The molecule has 0 amide bonds. The highest BCUT2D eigenvalue weighted by Gasteiger charge is 2.43. The van der Waals surface area contributed by atoms with Crippen LogP contribution in [0.25, 0.3) is 11.1 Å². The van der Waals surface area contributed by atoms with Crippen LogP contribution in [0.2, 0.25) is 0 Å². The summed E-state index contributed by atoms with van der Waals surface area (Å²) in [6, 6.07) is 19.3. The average Bonchev–Trinajstić information content (AvgIpc) is 3.23. The Morgan fingerprint density at radius 2 is 1.46 bits per heavy atom. The first-order valence-electron chi connectivity index (χ1n) is 13.7. The number of oxime groups is 1. The lowest BCUT2D eigenvalue weighted by molar-refractivity contribution is -0.384. The molecule has 0 N–H and O–H groups in total. The standard InChI is InChI=1S/C32H34N2O5/c1-4-7-18-32(19-8-5-2)27-20-23(14-16-25(27)26-17-15-24(34(37)38)21-28(26)32)30(35)29(6-3)33-39-31(36)22-12-10-9-11-13-22/h9-17,20-21H,4-8,18-19H2,1-3H3/b33-29+. The van der Waals surface area contributed by atoms with Crippen LogP contribution in [0.3, 0.4) is 0 Å². The van der Waals surface area contributed by atoms with E-state index in [0.717, 1.165) is 60.8 Å². The molecule has 0 saturated heterocycles. The highest BCUT2D eigenvalue weighted by atomic mass is 16.7. The zero-order valence-corrected chi connectivity index (χ0v) is 22.7. The molecule has 0 heterocycles. The summed E-state index contributed by atoms with van der Waals surface area (Å²) in [7, 11) is 0. The highest BCUT2D eigenvalue weighted by molar-refractivity contribution is 6.46. The van der Waals surface area contributed by atoms with Gasteiger partial charge < -0.3 is 4.84 Å². The molecule has 202 valence electrons. The maximum absolute atomic E-state index is 13.6. The van der Waals surface area contributed by atoms with E-state index in [1.165, 1.54) is 0 Å². The molecular formula is C32H34N2O5. The van der Waals surface area contributed by atoms with Gasteiger partial charge in [-0.2, -0.15) is 0 Å². The summed E-state index contributed by atoms with van der Waals surface area (Å²) < 4.78 is 0. The van der Waals surface area contributed by atoms with Crippen molar-refractivity contribution in [2.75, 3.05) is 0 Å². The van der Waals surface area contributed by atoms with Gasteiger partial charge in [0, 0.05) is 23.1 Å². The van der Waals surface area contributed by atoms with Crippen molar-refractivity contribution in [1.29, 1.82) is 0 Å². The second-order valence-corrected chi connectivity index (χ2v) is 10.0. The molecule has 0 radical (unpaired) electrons. The molecule has 7 nitrogen and oxygen atoms in total. The van der Waals surface area contributed by atoms with E-state index < -0.39 is 11.4 Å². The Morgan fingerprint density at radius 3 is 2.05 bits per heavy atom. The number of Topliss-reactive ketones (excluding diaryl/α,β-unsaturated/α-hetero) is 1. The number of nitrogens with zero attached hydrogens (tertiary/aromatic N) is 2. The summed E-state index contributed by atoms with van der Waals surface area (Å²) >= 11 is 0. The summed E-state index contributed by atoms with van der Waals surface area (Å²) in [5, 5.41) is 15.6. The third-order valence-corrected chi connectivity index (χ3v) is 7.58. The SMILES string of the molecule is CCCCC1(CCCC)c2cc(C(=O)/C(CC)=N/OC(=O)c3ccccc3)ccc2-c2ccc([N+](=O)[O-])cc21. The van der Waals surface area contributed by atoms with Crippen LogP contribution >= 0.6 is 0 Å². The summed E-state index contributed by atoms with van der Waals surface area (Å²) in [5.41, 5.74) is 4.63. The number of carbonyl (C=O) groups is 2. The number of hydrogen-bond acceptors (Lipinski definition) is 6. The predicted octanol–water partition coefficient (Wildman–Crippen LogP) is 8.05. The van der Waals surface area contributed by atoms with Crippen molar-refractivity contribution in [3.05, 3.63) is 99.1 Å². The van der Waals surface area contributed by atoms with Crippen molar-refractivity contribution in [3.8, 4) is 11.1 Å². The first kappa shape index (κ1) is 27.9. The normalized spacial score (nSPS) is 13.5. The Labute approximate surface area is 229 Å². The average molecular weight is 527 g/mol. The fraction of sp³-hybridized carbons (Fsp3) is 0.344. The van der Waals surface area contributed by atoms with E-state index in [-0.39, 0.29) is 22.1 Å². The van der Waals surface area contributed by atoms with Gasteiger partial charge in [-0.3, -0.25) is 14.9 Å². The number of rotatable bonds is 12. The molecule has 4 rings (SSSR count). The van der Waals surface area contributed by atoms with Gasteiger partial charge in [0.2, 0.25) is 5.78 Å². The molecule has 0 spiro atoms. The minimum atomic E-state index is -0.626. The molecule has 3 aromatic rings. The van der Waals surface area contributed by atoms with Crippen LogP contribution in [0, 0.1) is 10.1 Å². The molecule has 0 saturated carbocycles. The molecule has 39 heavy (non-hydrogen) atoms. The largest absolute Gasteiger partial charge is 0.365 e. The van der Waals surface area contributed by atoms with Crippen molar-refractivity contribution in [1.82, 2.24) is 0 Å². The summed E-state index contributed by atoms with van der Waals surface area (Å²) in [5.74, 6) is -0.929. The molecule has 0 unspecified atom stereocenters. The Balaban J connectivity index is 1.76. The van der Waals surface area contributed by atoms with Gasteiger partial charge in [-0.1, -0.05) is 81.9 Å². The van der Waals surface area contributed by atoms with Gasteiger partial charge in [0.05, 0.1) is 10.5 Å². The smallest absolute Gasteiger partial charge is 0.312 e. The van der Waals surface area contributed by atoms with Crippen molar-refractivity contribution < 1.29 is 19.3 Å². The minimum Gasteiger partial charge on any atom is -0.312 e. The highest BCUT2D eigenvalue weighted by Crippen LogP contribution is 2.55. The van der Waals surface area contributed by atoms with E-state index in [1.807, 2.05) is 18.2 Å². The molecule has 3 aromatic carbocycles. The van der Waals surface area contributed by atoms with Gasteiger partial charge in [0.25, 0.3) is 5.69 Å². The van der Waals surface area contributed by atoms with Gasteiger partial charge in [-0.25, -0.2) is 4.79 Å². The lowest BCUT2D eigenvalue weighted by Crippen LogP contribution is -2.26. The molecule has 0 aliphatic heterocycles. The number of non-ortho nitro benzene ring substituents is 1. The van der Waals surface area contributed by atoms with Crippen LogP contribution in [0.15, 0.2) is 71.9 Å². The quantitative estimate of drug-likeness (QED) is 0.0781. The topological polar surface area (TPSA) is 98.9 Å². The second-order valence-electron chi connectivity index (χ2n) is 10.0. The maximum atomic E-state index is 13.6. The van der Waals surface area contributed by atoms with E-state index in [2.05, 4.69) is 19.0 Å². The van der Waals surface area contributed by atoms with E-state index in [0.29, 0.717) is 17.5 Å². The Bertz CT molecular complexity index is 1400. The van der Waals surface area contributed by atoms with E-state index >= 15 is 0 Å². The fourth-order valence-corrected chi connectivity index (χ4v) is 5.52. The van der Waals surface area contributed by atoms with Crippen molar-refractivity contribution in [2.24, 2.45) is 5.16 Å². The number of hydrogen-bond donors (Lipinski definition) is 0. The number of fused-ring (bicyclic) bond motifs is 3. The molecule has 0 bridgehead atoms. The summed E-state index contributed by atoms with van der Waals surface area (Å²) in [6.45, 7) is 6.07. The lowest BCUT2D eigenvalue weighted by atomic mass is 9.70. The summed E-state index contributed by atoms with van der Waals surface area (Å²) in [4.78, 5) is 42.4. The van der Waals surface area contributed by atoms with Crippen LogP contribution in [0.5, 0.6) is 0 Å². The molecule has 7 heteroatoms. The van der Waals surface area contributed by atoms with Gasteiger partial charge in [-0.05, 0) is 65.8 Å². The van der Waals surface area contributed by atoms with E-state index in [4.69, 9.17) is 4.84 Å². The van der Waals surface area contributed by atoms with E-state index in [1.54, 1.807) is 55.5 Å². The third kappa shape index (κ3) is 5.53. The number of nitro benzene ring substituents is 1. The van der Waals surface area contributed by atoms with Crippen molar-refractivity contribution in [2.45, 2.75) is 71.1 Å². The van der Waals surface area contributed by atoms with Crippen LogP contribution in [0.4, 0.5) is 5.69 Å².